The van der Waals surface area contributed by atoms with E-state index in [0.717, 1.165) is 0 Å². The van der Waals surface area contributed by atoms with Gasteiger partial charge in [-0.15, -0.1) is 12.4 Å². The summed E-state index contributed by atoms with van der Waals surface area (Å²) in [5.41, 5.74) is 6.47. The number of carbonyl (C=O) groups is 2. The Morgan fingerprint density at radius 3 is 2.19 bits per heavy atom. The first-order chi connectivity index (χ1) is 9.40. The lowest BCUT2D eigenvalue weighted by atomic mass is 10.0. The number of hydrogen-bond donors (Lipinski definition) is 3. The van der Waals surface area contributed by atoms with Gasteiger partial charge < -0.3 is 16.4 Å². The molecule has 118 valence electrons. The molecule has 1 unspecified atom stereocenters. The lowest BCUT2D eigenvalue weighted by Gasteiger charge is -2.18. The molecule has 0 saturated carbocycles. The Morgan fingerprint density at radius 1 is 1.10 bits per heavy atom. The van der Waals surface area contributed by atoms with Crippen molar-refractivity contribution in [3.8, 4) is 0 Å². The lowest BCUT2D eigenvalue weighted by molar-refractivity contribution is -0.127. The van der Waals surface area contributed by atoms with Gasteiger partial charge in [0.2, 0.25) is 11.8 Å². The number of hydrogen-bond acceptors (Lipinski definition) is 3. The van der Waals surface area contributed by atoms with Gasteiger partial charge in [0.1, 0.15) is 6.04 Å². The van der Waals surface area contributed by atoms with Crippen LogP contribution in [0.15, 0.2) is 30.3 Å². The highest BCUT2D eigenvalue weighted by atomic mass is 35.5. The molecule has 1 aromatic carbocycles. The van der Waals surface area contributed by atoms with Crippen molar-refractivity contribution in [1.82, 2.24) is 5.32 Å². The number of para-hydroxylation sites is 1. The van der Waals surface area contributed by atoms with Crippen LogP contribution in [0.1, 0.15) is 27.2 Å². The predicted molar refractivity (Wildman–Crippen MR) is 87.4 cm³/mol. The highest BCUT2D eigenvalue weighted by molar-refractivity contribution is 5.97. The standard InChI is InChI=1S/C15H23N3O2.ClH/c1-10(2)9-13(16)15(20)17-11(3)14(19)18-12-7-5-4-6-8-12;/h4-8,10-11,13H,9,16H2,1-3H3,(H,17,20)(H,18,19);1H/t11?,13-;/m0./s1. The van der Waals surface area contributed by atoms with Crippen molar-refractivity contribution in [2.75, 3.05) is 5.32 Å². The van der Waals surface area contributed by atoms with Crippen molar-refractivity contribution in [2.45, 2.75) is 39.3 Å². The summed E-state index contributed by atoms with van der Waals surface area (Å²) in [5.74, 6) is -0.222. The summed E-state index contributed by atoms with van der Waals surface area (Å²) in [6, 6.07) is 7.90. The minimum atomic E-state index is -0.624. The third-order valence-corrected chi connectivity index (χ3v) is 2.86. The molecule has 0 aromatic heterocycles. The number of carbonyl (C=O) groups excluding carboxylic acids is 2. The van der Waals surface area contributed by atoms with E-state index in [1.165, 1.54) is 0 Å². The van der Waals surface area contributed by atoms with Crippen LogP contribution in [0.3, 0.4) is 0 Å². The van der Waals surface area contributed by atoms with Crippen LogP contribution in [0.5, 0.6) is 0 Å². The number of benzene rings is 1. The molecular weight excluding hydrogens is 290 g/mol. The molecule has 0 radical (unpaired) electrons. The van der Waals surface area contributed by atoms with Crippen LogP contribution in [0, 0.1) is 5.92 Å². The van der Waals surface area contributed by atoms with E-state index in [0.29, 0.717) is 18.0 Å². The fourth-order valence-electron chi connectivity index (χ4n) is 1.77. The number of amides is 2. The summed E-state index contributed by atoms with van der Waals surface area (Å²) in [7, 11) is 0. The largest absolute Gasteiger partial charge is 0.343 e. The molecule has 2 amide bonds. The van der Waals surface area contributed by atoms with Crippen LogP contribution in [-0.2, 0) is 9.59 Å². The van der Waals surface area contributed by atoms with Gasteiger partial charge >= 0.3 is 0 Å². The van der Waals surface area contributed by atoms with Gasteiger partial charge in [-0.05, 0) is 31.4 Å². The fraction of sp³-hybridized carbons (Fsp3) is 0.467. The molecule has 0 saturated heterocycles. The average Bonchev–Trinajstić information content (AvgIpc) is 2.38. The molecule has 0 aliphatic carbocycles. The molecule has 4 N–H and O–H groups in total. The number of halogens is 1. The maximum atomic E-state index is 11.9. The van der Waals surface area contributed by atoms with E-state index in [4.69, 9.17) is 5.73 Å². The lowest BCUT2D eigenvalue weighted by Crippen LogP contribution is -2.49. The summed E-state index contributed by atoms with van der Waals surface area (Å²) in [4.78, 5) is 23.8. The summed E-state index contributed by atoms with van der Waals surface area (Å²) >= 11 is 0. The van der Waals surface area contributed by atoms with E-state index in [2.05, 4.69) is 10.6 Å². The minimum absolute atomic E-state index is 0. The molecule has 0 aliphatic heterocycles. The molecular formula is C15H24ClN3O2. The molecule has 0 fully saturated rings. The van der Waals surface area contributed by atoms with Gasteiger partial charge in [0, 0.05) is 5.69 Å². The summed E-state index contributed by atoms with van der Waals surface area (Å²) < 4.78 is 0. The van der Waals surface area contributed by atoms with E-state index >= 15 is 0 Å². The Morgan fingerprint density at radius 2 is 1.67 bits per heavy atom. The molecule has 0 spiro atoms. The second kappa shape index (κ2) is 9.37. The zero-order valence-electron chi connectivity index (χ0n) is 12.6. The molecule has 0 aliphatic rings. The van der Waals surface area contributed by atoms with E-state index in [1.807, 2.05) is 32.0 Å². The second-order valence-corrected chi connectivity index (χ2v) is 5.32. The van der Waals surface area contributed by atoms with Crippen molar-refractivity contribution >= 4 is 29.9 Å². The summed E-state index contributed by atoms with van der Waals surface area (Å²) in [6.07, 6.45) is 0.596. The SMILES string of the molecule is CC(C)C[C@H](N)C(=O)NC(C)C(=O)Nc1ccccc1.Cl. The van der Waals surface area contributed by atoms with E-state index < -0.39 is 12.1 Å². The van der Waals surface area contributed by atoms with Gasteiger partial charge in [0.15, 0.2) is 0 Å². The predicted octanol–water partition coefficient (Wildman–Crippen LogP) is 1.92. The van der Waals surface area contributed by atoms with Gasteiger partial charge in [0.25, 0.3) is 0 Å². The van der Waals surface area contributed by atoms with Crippen LogP contribution in [0.4, 0.5) is 5.69 Å². The normalized spacial score (nSPS) is 13.0. The summed E-state index contributed by atoms with van der Waals surface area (Å²) in [5, 5.41) is 5.36. The third-order valence-electron chi connectivity index (χ3n) is 2.86. The molecule has 5 nitrogen and oxygen atoms in total. The minimum Gasteiger partial charge on any atom is -0.343 e. The van der Waals surface area contributed by atoms with Crippen molar-refractivity contribution in [2.24, 2.45) is 11.7 Å². The van der Waals surface area contributed by atoms with Gasteiger partial charge in [-0.3, -0.25) is 9.59 Å². The van der Waals surface area contributed by atoms with Crippen LogP contribution in [0.2, 0.25) is 0 Å². The van der Waals surface area contributed by atoms with Crippen molar-refractivity contribution in [1.29, 1.82) is 0 Å². The van der Waals surface area contributed by atoms with Crippen molar-refractivity contribution in [3.63, 3.8) is 0 Å². The van der Waals surface area contributed by atoms with Crippen LogP contribution in [-0.4, -0.2) is 23.9 Å². The van der Waals surface area contributed by atoms with Gasteiger partial charge in [-0.2, -0.15) is 0 Å². The smallest absolute Gasteiger partial charge is 0.246 e. The third kappa shape index (κ3) is 7.11. The van der Waals surface area contributed by atoms with Crippen molar-refractivity contribution in [3.05, 3.63) is 30.3 Å². The number of rotatable bonds is 6. The molecule has 2 atom stereocenters. The Hall–Kier alpha value is -1.59. The van der Waals surface area contributed by atoms with Crippen LogP contribution in [0.25, 0.3) is 0 Å². The van der Waals surface area contributed by atoms with Crippen LogP contribution < -0.4 is 16.4 Å². The number of anilines is 1. The van der Waals surface area contributed by atoms with Crippen LogP contribution >= 0.6 is 12.4 Å². The van der Waals surface area contributed by atoms with E-state index in [9.17, 15) is 9.59 Å². The Bertz CT molecular complexity index is 451. The summed E-state index contributed by atoms with van der Waals surface area (Å²) in [6.45, 7) is 5.63. The zero-order chi connectivity index (χ0) is 15.1. The first kappa shape index (κ1) is 19.4. The number of nitrogens with one attached hydrogen (secondary N) is 2. The molecule has 1 rings (SSSR count). The Kier molecular flexibility index (Phi) is 8.66. The maximum Gasteiger partial charge on any atom is 0.246 e. The fourth-order valence-corrected chi connectivity index (χ4v) is 1.77. The first-order valence-corrected chi connectivity index (χ1v) is 6.82. The monoisotopic (exact) mass is 313 g/mol. The van der Waals surface area contributed by atoms with E-state index in [-0.39, 0.29) is 24.2 Å². The molecule has 1 aromatic rings. The second-order valence-electron chi connectivity index (χ2n) is 5.32. The highest BCUT2D eigenvalue weighted by Crippen LogP contribution is 2.06. The highest BCUT2D eigenvalue weighted by Gasteiger charge is 2.20. The first-order valence-electron chi connectivity index (χ1n) is 6.82. The maximum absolute atomic E-state index is 11.9. The van der Waals surface area contributed by atoms with Crippen molar-refractivity contribution < 1.29 is 9.59 Å². The van der Waals surface area contributed by atoms with Gasteiger partial charge in [0.05, 0.1) is 6.04 Å². The Balaban J connectivity index is 0.00000400. The molecule has 0 bridgehead atoms. The average molecular weight is 314 g/mol. The van der Waals surface area contributed by atoms with E-state index in [1.54, 1.807) is 19.1 Å². The zero-order valence-corrected chi connectivity index (χ0v) is 13.4. The molecule has 0 heterocycles. The molecule has 6 heteroatoms. The quantitative estimate of drug-likeness (QED) is 0.750. The molecule has 21 heavy (non-hydrogen) atoms. The number of nitrogens with two attached hydrogens (primary N) is 1. The Labute approximate surface area is 132 Å². The topological polar surface area (TPSA) is 84.2 Å². The van der Waals surface area contributed by atoms with Gasteiger partial charge in [-0.1, -0.05) is 32.0 Å². The van der Waals surface area contributed by atoms with Gasteiger partial charge in [-0.25, -0.2) is 0 Å².